The zero-order valence-corrected chi connectivity index (χ0v) is 15.5. The molecule has 0 amide bonds. The largest absolute Gasteiger partial charge is 0.478 e. The van der Waals surface area contributed by atoms with Crippen molar-refractivity contribution in [2.75, 3.05) is 13.6 Å². The summed E-state index contributed by atoms with van der Waals surface area (Å²) in [6.07, 6.45) is 7.64. The van der Waals surface area contributed by atoms with Crippen molar-refractivity contribution < 1.29 is 19.8 Å². The highest BCUT2D eigenvalue weighted by Gasteiger charge is 2.23. The molecule has 0 spiro atoms. The van der Waals surface area contributed by atoms with E-state index < -0.39 is 11.9 Å². The number of rotatable bonds is 4. The Hall–Kier alpha value is -2.99. The van der Waals surface area contributed by atoms with E-state index in [2.05, 4.69) is 54.2 Å². The monoisotopic (exact) mass is 368 g/mol. The SMILES string of the molecule is Cc1ccccc1-c1cncc(C2CCCN2C)c1.O=C(O)/C=C/C(=O)O. The van der Waals surface area contributed by atoms with Crippen LogP contribution in [0.25, 0.3) is 11.1 Å². The molecule has 1 atom stereocenters. The molecule has 1 aromatic heterocycles. The Labute approximate surface area is 158 Å². The predicted molar refractivity (Wildman–Crippen MR) is 103 cm³/mol. The average Bonchev–Trinajstić information content (AvgIpc) is 3.07. The highest BCUT2D eigenvalue weighted by molar-refractivity contribution is 5.89. The molecule has 2 heterocycles. The summed E-state index contributed by atoms with van der Waals surface area (Å²) in [6.45, 7) is 3.35. The first-order chi connectivity index (χ1) is 12.9. The minimum atomic E-state index is -1.26. The average molecular weight is 368 g/mol. The third-order valence-corrected chi connectivity index (χ3v) is 4.49. The lowest BCUT2D eigenvalue weighted by Gasteiger charge is -2.20. The number of carboxylic acid groups (broad SMARTS) is 2. The number of benzene rings is 1. The van der Waals surface area contributed by atoms with Gasteiger partial charge in [0, 0.05) is 36.2 Å². The fourth-order valence-electron chi connectivity index (χ4n) is 3.16. The van der Waals surface area contributed by atoms with Crippen LogP contribution >= 0.6 is 0 Å². The van der Waals surface area contributed by atoms with Crippen LogP contribution in [0.2, 0.25) is 0 Å². The van der Waals surface area contributed by atoms with E-state index in [0.717, 1.165) is 0 Å². The van der Waals surface area contributed by atoms with Gasteiger partial charge in [0.05, 0.1) is 0 Å². The molecule has 0 saturated carbocycles. The third-order valence-electron chi connectivity index (χ3n) is 4.49. The summed E-state index contributed by atoms with van der Waals surface area (Å²) >= 11 is 0. The Bertz CT molecular complexity index is 816. The van der Waals surface area contributed by atoms with Crippen molar-refractivity contribution in [3.8, 4) is 11.1 Å². The summed E-state index contributed by atoms with van der Waals surface area (Å²) < 4.78 is 0. The van der Waals surface area contributed by atoms with Gasteiger partial charge in [0.2, 0.25) is 0 Å². The number of aliphatic carboxylic acids is 2. The van der Waals surface area contributed by atoms with Crippen LogP contribution in [0.1, 0.15) is 30.0 Å². The Morgan fingerprint density at radius 1 is 1.15 bits per heavy atom. The molecule has 1 aliphatic heterocycles. The number of likely N-dealkylation sites (tertiary alicyclic amines) is 1. The molecule has 27 heavy (non-hydrogen) atoms. The van der Waals surface area contributed by atoms with Crippen molar-refractivity contribution in [2.24, 2.45) is 0 Å². The normalized spacial score (nSPS) is 16.7. The van der Waals surface area contributed by atoms with Crippen LogP contribution in [0.4, 0.5) is 0 Å². The summed E-state index contributed by atoms with van der Waals surface area (Å²) in [5, 5.41) is 15.6. The van der Waals surface area contributed by atoms with Gasteiger partial charge in [0.1, 0.15) is 0 Å². The minimum absolute atomic E-state index is 0.538. The maximum atomic E-state index is 9.55. The van der Waals surface area contributed by atoms with E-state index in [4.69, 9.17) is 10.2 Å². The zero-order valence-electron chi connectivity index (χ0n) is 15.5. The van der Waals surface area contributed by atoms with E-state index >= 15 is 0 Å². The molecular formula is C21H24N2O4. The van der Waals surface area contributed by atoms with Gasteiger partial charge >= 0.3 is 11.9 Å². The van der Waals surface area contributed by atoms with Gasteiger partial charge in [0.15, 0.2) is 0 Å². The van der Waals surface area contributed by atoms with Crippen LogP contribution < -0.4 is 0 Å². The Morgan fingerprint density at radius 2 is 1.81 bits per heavy atom. The van der Waals surface area contributed by atoms with Crippen molar-refractivity contribution in [1.29, 1.82) is 0 Å². The van der Waals surface area contributed by atoms with E-state index in [-0.39, 0.29) is 0 Å². The number of aryl methyl sites for hydroxylation is 1. The molecule has 0 radical (unpaired) electrons. The number of hydrogen-bond acceptors (Lipinski definition) is 4. The van der Waals surface area contributed by atoms with Gasteiger partial charge in [-0.05, 0) is 56.1 Å². The molecule has 1 fully saturated rings. The van der Waals surface area contributed by atoms with Crippen molar-refractivity contribution in [2.45, 2.75) is 25.8 Å². The quantitative estimate of drug-likeness (QED) is 0.802. The first-order valence-corrected chi connectivity index (χ1v) is 8.73. The first-order valence-electron chi connectivity index (χ1n) is 8.73. The highest BCUT2D eigenvalue weighted by Crippen LogP contribution is 2.32. The fourth-order valence-corrected chi connectivity index (χ4v) is 3.16. The van der Waals surface area contributed by atoms with Crippen LogP contribution in [0, 0.1) is 6.92 Å². The van der Waals surface area contributed by atoms with Crippen LogP contribution in [-0.2, 0) is 9.59 Å². The van der Waals surface area contributed by atoms with E-state index in [0.29, 0.717) is 18.2 Å². The van der Waals surface area contributed by atoms with Gasteiger partial charge in [-0.3, -0.25) is 9.88 Å². The van der Waals surface area contributed by atoms with Crippen LogP contribution in [0.3, 0.4) is 0 Å². The van der Waals surface area contributed by atoms with Gasteiger partial charge in [-0.15, -0.1) is 0 Å². The third kappa shape index (κ3) is 6.04. The zero-order chi connectivity index (χ0) is 19.8. The molecule has 0 bridgehead atoms. The molecule has 0 aliphatic carbocycles. The first kappa shape index (κ1) is 20.3. The second-order valence-corrected chi connectivity index (χ2v) is 6.47. The topological polar surface area (TPSA) is 90.7 Å². The van der Waals surface area contributed by atoms with E-state index in [1.54, 1.807) is 0 Å². The number of hydrogen-bond donors (Lipinski definition) is 2. The molecule has 1 aromatic carbocycles. The number of nitrogens with zero attached hydrogens (tertiary/aromatic N) is 2. The lowest BCUT2D eigenvalue weighted by Crippen LogP contribution is -2.17. The van der Waals surface area contributed by atoms with Crippen molar-refractivity contribution in [3.63, 3.8) is 0 Å². The molecule has 142 valence electrons. The van der Waals surface area contributed by atoms with Gasteiger partial charge in [-0.25, -0.2) is 9.59 Å². The summed E-state index contributed by atoms with van der Waals surface area (Å²) in [7, 11) is 2.21. The molecule has 1 unspecified atom stereocenters. The minimum Gasteiger partial charge on any atom is -0.478 e. The highest BCUT2D eigenvalue weighted by atomic mass is 16.4. The molecular weight excluding hydrogens is 344 g/mol. The molecule has 1 aliphatic rings. The van der Waals surface area contributed by atoms with Gasteiger partial charge in [0.25, 0.3) is 0 Å². The van der Waals surface area contributed by atoms with E-state index in [1.165, 1.54) is 41.6 Å². The molecule has 1 saturated heterocycles. The van der Waals surface area contributed by atoms with Crippen LogP contribution in [0.15, 0.2) is 54.9 Å². The summed E-state index contributed by atoms with van der Waals surface area (Å²) in [4.78, 5) is 26.0. The van der Waals surface area contributed by atoms with Crippen molar-refractivity contribution in [1.82, 2.24) is 9.88 Å². The molecule has 6 heteroatoms. The van der Waals surface area contributed by atoms with Gasteiger partial charge in [-0.1, -0.05) is 24.3 Å². The summed E-state index contributed by atoms with van der Waals surface area (Å²) in [6, 6.07) is 11.4. The fraction of sp³-hybridized carbons (Fsp3) is 0.286. The second kappa shape index (κ2) is 9.64. The van der Waals surface area contributed by atoms with Gasteiger partial charge in [-0.2, -0.15) is 0 Å². The lowest BCUT2D eigenvalue weighted by molar-refractivity contribution is -0.134. The summed E-state index contributed by atoms with van der Waals surface area (Å²) in [5.74, 6) is -2.51. The predicted octanol–water partition coefficient (Wildman–Crippen LogP) is 3.54. The maximum Gasteiger partial charge on any atom is 0.328 e. The lowest BCUT2D eigenvalue weighted by atomic mass is 9.98. The van der Waals surface area contributed by atoms with E-state index in [1.807, 2.05) is 12.4 Å². The van der Waals surface area contributed by atoms with Crippen molar-refractivity contribution >= 4 is 11.9 Å². The Balaban J connectivity index is 0.000000279. The Morgan fingerprint density at radius 3 is 2.37 bits per heavy atom. The number of pyridine rings is 1. The van der Waals surface area contributed by atoms with E-state index in [9.17, 15) is 9.59 Å². The van der Waals surface area contributed by atoms with Crippen LogP contribution in [0.5, 0.6) is 0 Å². The number of aromatic nitrogens is 1. The second-order valence-electron chi connectivity index (χ2n) is 6.47. The number of carboxylic acids is 2. The van der Waals surface area contributed by atoms with Gasteiger partial charge < -0.3 is 10.2 Å². The smallest absolute Gasteiger partial charge is 0.328 e. The molecule has 3 rings (SSSR count). The molecule has 2 N–H and O–H groups in total. The summed E-state index contributed by atoms with van der Waals surface area (Å²) in [5.41, 5.74) is 5.18. The number of carbonyl (C=O) groups is 2. The van der Waals surface area contributed by atoms with Crippen LogP contribution in [-0.4, -0.2) is 45.6 Å². The van der Waals surface area contributed by atoms with Crippen molar-refractivity contribution in [3.05, 3.63) is 66.0 Å². The maximum absolute atomic E-state index is 9.55. The molecule has 6 nitrogen and oxygen atoms in total. The standard InChI is InChI=1S/C17H20N2.C4H4O4/c1-13-6-3-4-7-16(13)14-10-15(12-18-11-14)17-8-5-9-19(17)2;5-3(6)1-2-4(7)8/h3-4,6-7,10-12,17H,5,8-9H2,1-2H3;1-2H,(H,5,6)(H,7,8)/b;2-1+. The molecule has 2 aromatic rings. The Kier molecular flexibility index (Phi) is 7.25.